The number of ether oxygens (including phenoxy) is 5. The van der Waals surface area contributed by atoms with Crippen molar-refractivity contribution in [2.45, 2.75) is 220 Å². The van der Waals surface area contributed by atoms with E-state index in [-0.39, 0.29) is 143 Å². The van der Waals surface area contributed by atoms with E-state index in [4.69, 9.17) is 44.2 Å². The fourth-order valence-electron chi connectivity index (χ4n) is 6.46. The molecule has 4 saturated heterocycles. The van der Waals surface area contributed by atoms with Gasteiger partial charge in [0.15, 0.2) is 4.90 Å². The fraction of sp³-hybridized carbons (Fsp3) is 0.750. The van der Waals surface area contributed by atoms with Crippen LogP contribution in [0.3, 0.4) is 0 Å². The number of aryl methyl sites for hydroxylation is 3. The van der Waals surface area contributed by atoms with Gasteiger partial charge in [0.2, 0.25) is 4.60 Å². The Bertz CT molecular complexity index is 2210. The minimum atomic E-state index is -4.08. The Morgan fingerprint density at radius 1 is 0.731 bits per heavy atom. The van der Waals surface area contributed by atoms with Gasteiger partial charge >= 0.3 is 10.9 Å². The van der Waals surface area contributed by atoms with Crippen LogP contribution in [0.15, 0.2) is 60.3 Å². The second-order valence-corrected chi connectivity index (χ2v) is 24.8. The summed E-state index contributed by atoms with van der Waals surface area (Å²) in [5.74, 6) is 0.221. The summed E-state index contributed by atoms with van der Waals surface area (Å²) in [7, 11) is -2.35. The van der Waals surface area contributed by atoms with Crippen LogP contribution in [0.2, 0.25) is 0 Å². The summed E-state index contributed by atoms with van der Waals surface area (Å²) in [6, 6.07) is 10.2. The van der Waals surface area contributed by atoms with E-state index in [1.165, 1.54) is 35.3 Å². The van der Waals surface area contributed by atoms with Crippen LogP contribution in [0.1, 0.15) is 143 Å². The number of benzene rings is 1. The molecule has 4 unspecified atom stereocenters. The second-order valence-electron chi connectivity index (χ2n) is 22.9. The molecule has 8 atom stereocenters. The number of hydrogen-bond acceptors (Lipinski definition) is 18. The molecule has 3 radical (unpaired) electrons. The number of H-pyrrole nitrogens is 1. The van der Waals surface area contributed by atoms with Crippen molar-refractivity contribution in [2.75, 3.05) is 26.4 Å². The van der Waals surface area contributed by atoms with Gasteiger partial charge in [0.1, 0.15) is 29.2 Å². The molecule has 0 amide bonds. The largest absolute Gasteiger partial charge is 0.472 e. The van der Waals surface area contributed by atoms with E-state index >= 15 is 0 Å². The number of rotatable bonds is 4. The van der Waals surface area contributed by atoms with E-state index in [0.29, 0.717) is 41.2 Å². The molecule has 4 fully saturated rings. The molecule has 22 nitrogen and oxygen atoms in total. The van der Waals surface area contributed by atoms with E-state index in [1.54, 1.807) is 87.5 Å². The molecule has 0 aliphatic carbocycles. The number of hydrogen-bond donors (Lipinski definition) is 7. The van der Waals surface area contributed by atoms with Gasteiger partial charge < -0.3 is 55.5 Å². The average molecular weight is 1360 g/mol. The molecule has 1 aromatic carbocycles. The first kappa shape index (κ1) is 83.5. The molecule has 78 heavy (non-hydrogen) atoms. The van der Waals surface area contributed by atoms with E-state index in [0.717, 1.165) is 25.5 Å². The van der Waals surface area contributed by atoms with Gasteiger partial charge in [0.05, 0.1) is 84.7 Å². The predicted octanol–water partition coefficient (Wildman–Crippen LogP) is 5.71. The van der Waals surface area contributed by atoms with E-state index in [9.17, 15) is 18.4 Å². The van der Waals surface area contributed by atoms with Crippen LogP contribution in [-0.2, 0) is 139 Å². The Morgan fingerprint density at radius 2 is 1.17 bits per heavy atom. The number of aliphatic hydroxyl groups is 3. The number of fused-ring (bicyclic) bond motifs is 2. The van der Waals surface area contributed by atoms with Crippen molar-refractivity contribution >= 4 is 9.84 Å². The molecule has 3 aromatic heterocycles. The third kappa shape index (κ3) is 37.3. The van der Waals surface area contributed by atoms with E-state index < -0.39 is 37.5 Å². The van der Waals surface area contributed by atoms with Crippen molar-refractivity contribution in [2.24, 2.45) is 18.9 Å². The van der Waals surface area contributed by atoms with Crippen LogP contribution in [0.4, 0.5) is 0 Å². The van der Waals surface area contributed by atoms with Crippen LogP contribution in [0.25, 0.3) is 0 Å². The Hall–Kier alpha value is -0.988. The van der Waals surface area contributed by atoms with Gasteiger partial charge in [0.25, 0.3) is 9.84 Å². The number of sulfone groups is 1. The minimum Gasteiger partial charge on any atom is -0.472 e. The summed E-state index contributed by atoms with van der Waals surface area (Å²) >= 11 is 0. The fourth-order valence-corrected chi connectivity index (χ4v) is 7.73. The molecule has 0 bridgehead atoms. The molecule has 8 rings (SSSR count). The summed E-state index contributed by atoms with van der Waals surface area (Å²) in [4.78, 5) is 11.6. The maximum atomic E-state index is 11.9. The van der Waals surface area contributed by atoms with Crippen LogP contribution in [0.5, 0.6) is 5.88 Å². The summed E-state index contributed by atoms with van der Waals surface area (Å²) in [6.07, 6.45) is 5.17. The van der Waals surface area contributed by atoms with Gasteiger partial charge in [-0.05, 0) is 140 Å². The molecule has 4 aromatic rings. The SMILES string of the molecule is CC.CC(C)(C)O.CC(C)(C)O.CC(C)(C)O.CC1CO[C@H]2C(NC(C)(C)C)CO[C@@H]12.CC1CO[C@H]2C(OC(C)(C)C)CO[C@@H]12.Cc1[c-][n+](C)on1.Cc1[c-]co[n+]1O.O=[n+]1o[nH]c(O)c1S(=O)(=O)c1ccccc1.[Y].[Y].[Y]. The number of nitrogens with one attached hydrogen (secondary N) is 2. The Labute approximate surface area is 540 Å². The second kappa shape index (κ2) is 38.1. The molecule has 0 spiro atoms. The molecular weight excluding hydrogens is 1260 g/mol. The van der Waals surface area contributed by atoms with Gasteiger partial charge in [-0.3, -0.25) is 0 Å². The maximum Gasteiger partial charge on any atom is 0.404 e. The molecule has 0 saturated carbocycles. The minimum absolute atomic E-state index is 0. The zero-order valence-corrected chi connectivity index (χ0v) is 59.9. The summed E-state index contributed by atoms with van der Waals surface area (Å²) in [6.45, 7) is 43.4. The number of aromatic nitrogens is 5. The molecule has 443 valence electrons. The van der Waals surface area contributed by atoms with Crippen LogP contribution >= 0.6 is 0 Å². The maximum absolute atomic E-state index is 11.9. The Balaban J connectivity index is -0.000000414. The van der Waals surface area contributed by atoms with Crippen LogP contribution in [-0.4, -0.2) is 135 Å². The van der Waals surface area contributed by atoms with Crippen molar-refractivity contribution in [3.05, 3.63) is 65.2 Å². The first-order valence-corrected chi connectivity index (χ1v) is 26.6. The van der Waals surface area contributed by atoms with Crippen molar-refractivity contribution < 1.29 is 184 Å². The number of aromatic hydroxyl groups is 1. The third-order valence-corrected chi connectivity index (χ3v) is 10.7. The zero-order valence-electron chi connectivity index (χ0n) is 50.6. The van der Waals surface area contributed by atoms with Crippen LogP contribution in [0, 0.1) is 42.9 Å². The third-order valence-electron chi connectivity index (χ3n) is 8.91. The van der Waals surface area contributed by atoms with Crippen LogP contribution < -0.4 is 19.6 Å². The topological polar surface area (TPSA) is 292 Å². The van der Waals surface area contributed by atoms with Gasteiger partial charge in [-0.2, -0.15) is 6.20 Å². The molecular formula is C52H95N6O16SY3+. The van der Waals surface area contributed by atoms with Crippen molar-refractivity contribution in [3.8, 4) is 5.88 Å². The van der Waals surface area contributed by atoms with Gasteiger partial charge in [-0.25, -0.2) is 22.9 Å². The monoisotopic (exact) mass is 1360 g/mol. The van der Waals surface area contributed by atoms with Crippen molar-refractivity contribution in [1.82, 2.24) is 15.6 Å². The molecule has 7 N–H and O–H groups in total. The summed E-state index contributed by atoms with van der Waals surface area (Å²) < 4.78 is 66.8. The zero-order chi connectivity index (χ0) is 58.5. The normalized spacial score (nSPS) is 21.8. The van der Waals surface area contributed by atoms with Crippen molar-refractivity contribution in [3.63, 3.8) is 0 Å². The number of nitrogens with zero attached hydrogens (tertiary/aromatic N) is 4. The summed E-state index contributed by atoms with van der Waals surface area (Å²) in [5, 5.41) is 51.2. The first-order chi connectivity index (χ1) is 34.1. The predicted molar refractivity (Wildman–Crippen MR) is 277 cm³/mol. The van der Waals surface area contributed by atoms with E-state index in [2.05, 4.69) is 91.9 Å². The quantitative estimate of drug-likeness (QED) is 0.0731. The van der Waals surface area contributed by atoms with Gasteiger partial charge in [-0.1, -0.05) is 50.5 Å². The average Bonchev–Trinajstić information content (AvgIpc) is 4.14. The Kier molecular flexibility index (Phi) is 40.7. The molecule has 4 aliphatic rings. The Morgan fingerprint density at radius 3 is 1.50 bits per heavy atom. The molecule has 7 heterocycles. The van der Waals surface area contributed by atoms with Gasteiger partial charge in [0, 0.05) is 122 Å². The number of aromatic amines is 1. The smallest absolute Gasteiger partial charge is 0.404 e. The standard InChI is InChI=1S/C11H21NO2.C11H20O3.C8H6N2O5S.C4H6N2O.C4H5NO2.3C4H10O.C2H6.3Y/c1-7-5-13-10-8(6-14-9(7)10)12-11(2,3)4;1-7-5-12-10-8(6-13-9(7)10)14-11(2,3)4;11-7-8(10(12)15-9-7)16(13,14)6-4-2-1-3-5-6;1-4-3-6(2)7-5-4;1-4-2-3-7-5(4)6;3*1-4(2,3)5;1-2;;;/h7-10,12H,5-6H2,1-4H3;7-10H,5-6H2,1-4H3;1-5H,(H-,9,11,12);1-2H3;3,6H,1H3;3*5H,1-3H3;1-2H3;;;/p+1/t2*7?,8?,9-,10-;;;;;;;;;;/m00........../s1. The van der Waals surface area contributed by atoms with E-state index in [1.807, 2.05) is 20.8 Å². The molecule has 4 aliphatic heterocycles. The van der Waals surface area contributed by atoms with Crippen molar-refractivity contribution in [1.29, 1.82) is 0 Å². The molecule has 26 heteroatoms. The van der Waals surface area contributed by atoms with Gasteiger partial charge in [-0.15, -0.1) is 4.63 Å². The summed E-state index contributed by atoms with van der Waals surface area (Å²) in [5.41, 5.74) is -0.126. The first-order valence-electron chi connectivity index (χ1n) is 25.1.